The predicted octanol–water partition coefficient (Wildman–Crippen LogP) is 0.977. The largest absolute Gasteiger partial charge is 0.481 e. The number of hydrogen-bond acceptors (Lipinski definition) is 4. The molecule has 0 aromatic heterocycles. The molecule has 20 heavy (non-hydrogen) atoms. The Morgan fingerprint density at radius 1 is 1.25 bits per heavy atom. The lowest BCUT2D eigenvalue weighted by Crippen LogP contribution is -2.48. The Morgan fingerprint density at radius 2 is 1.80 bits per heavy atom. The standard InChI is InChI=1S/C13H22N2O5/c1-13(2,3)20-12(19)15-6-4-9(5-7-15)14-10(16)8-11(17)18/h9H,4-8H2,1-3H3,(H,14,16)(H,17,18). The van der Waals surface area contributed by atoms with Gasteiger partial charge in [-0.3, -0.25) is 9.59 Å². The number of amides is 2. The lowest BCUT2D eigenvalue weighted by molar-refractivity contribution is -0.140. The first-order valence-corrected chi connectivity index (χ1v) is 6.66. The number of nitrogens with zero attached hydrogens (tertiary/aromatic N) is 1. The molecule has 7 nitrogen and oxygen atoms in total. The number of carbonyl (C=O) groups excluding carboxylic acids is 2. The molecule has 0 radical (unpaired) electrons. The minimum absolute atomic E-state index is 0.0828. The number of rotatable bonds is 3. The van der Waals surface area contributed by atoms with E-state index in [1.807, 2.05) is 20.8 Å². The van der Waals surface area contributed by atoms with E-state index in [-0.39, 0.29) is 12.1 Å². The maximum atomic E-state index is 11.8. The van der Waals surface area contributed by atoms with E-state index in [9.17, 15) is 14.4 Å². The first kappa shape index (κ1) is 16.3. The van der Waals surface area contributed by atoms with Crippen LogP contribution in [0, 0.1) is 0 Å². The number of piperidine rings is 1. The van der Waals surface area contributed by atoms with Gasteiger partial charge in [0, 0.05) is 19.1 Å². The quantitative estimate of drug-likeness (QED) is 0.754. The predicted molar refractivity (Wildman–Crippen MR) is 71.2 cm³/mol. The molecule has 0 aliphatic carbocycles. The van der Waals surface area contributed by atoms with Crippen molar-refractivity contribution in [2.24, 2.45) is 0 Å². The smallest absolute Gasteiger partial charge is 0.410 e. The molecule has 1 aliphatic rings. The molecule has 1 fully saturated rings. The van der Waals surface area contributed by atoms with Crippen molar-refractivity contribution in [2.45, 2.75) is 51.7 Å². The van der Waals surface area contributed by atoms with Gasteiger partial charge in [-0.1, -0.05) is 0 Å². The molecule has 0 spiro atoms. The number of likely N-dealkylation sites (tertiary alicyclic amines) is 1. The number of ether oxygens (including phenoxy) is 1. The van der Waals surface area contributed by atoms with E-state index in [2.05, 4.69) is 5.32 Å². The Morgan fingerprint density at radius 3 is 2.25 bits per heavy atom. The molecule has 0 bridgehead atoms. The van der Waals surface area contributed by atoms with Crippen LogP contribution in [-0.2, 0) is 14.3 Å². The average molecular weight is 286 g/mol. The molecular formula is C13H22N2O5. The summed E-state index contributed by atoms with van der Waals surface area (Å²) in [5.41, 5.74) is -0.524. The zero-order valence-electron chi connectivity index (χ0n) is 12.1. The Bertz CT molecular complexity index is 381. The van der Waals surface area contributed by atoms with Gasteiger partial charge in [0.1, 0.15) is 12.0 Å². The summed E-state index contributed by atoms with van der Waals surface area (Å²) in [4.78, 5) is 35.2. The van der Waals surface area contributed by atoms with Crippen LogP contribution in [0.25, 0.3) is 0 Å². The van der Waals surface area contributed by atoms with Crippen molar-refractivity contribution in [3.63, 3.8) is 0 Å². The third kappa shape index (κ3) is 5.90. The van der Waals surface area contributed by atoms with E-state index in [0.717, 1.165) is 0 Å². The van der Waals surface area contributed by atoms with Crippen LogP contribution in [0.4, 0.5) is 4.79 Å². The third-order valence-electron chi connectivity index (χ3n) is 2.82. The summed E-state index contributed by atoms with van der Waals surface area (Å²) in [7, 11) is 0. The van der Waals surface area contributed by atoms with E-state index in [1.54, 1.807) is 4.90 Å². The highest BCUT2D eigenvalue weighted by Crippen LogP contribution is 2.15. The van der Waals surface area contributed by atoms with Crippen molar-refractivity contribution in [1.82, 2.24) is 10.2 Å². The fourth-order valence-corrected chi connectivity index (χ4v) is 1.95. The molecule has 0 aromatic rings. The monoisotopic (exact) mass is 286 g/mol. The van der Waals surface area contributed by atoms with Gasteiger partial charge in [-0.15, -0.1) is 0 Å². The van der Waals surface area contributed by atoms with Gasteiger partial charge in [-0.05, 0) is 33.6 Å². The lowest BCUT2D eigenvalue weighted by Gasteiger charge is -2.33. The van der Waals surface area contributed by atoms with Crippen LogP contribution in [0.1, 0.15) is 40.0 Å². The number of hydrogen-bond donors (Lipinski definition) is 2. The van der Waals surface area contributed by atoms with Crippen molar-refractivity contribution in [3.05, 3.63) is 0 Å². The van der Waals surface area contributed by atoms with Gasteiger partial charge in [0.2, 0.25) is 5.91 Å². The van der Waals surface area contributed by atoms with Gasteiger partial charge < -0.3 is 20.1 Å². The van der Waals surface area contributed by atoms with Crippen LogP contribution in [0.2, 0.25) is 0 Å². The van der Waals surface area contributed by atoms with Crippen molar-refractivity contribution >= 4 is 18.0 Å². The Hall–Kier alpha value is -1.79. The second kappa shape index (κ2) is 6.58. The molecule has 7 heteroatoms. The fourth-order valence-electron chi connectivity index (χ4n) is 1.95. The van der Waals surface area contributed by atoms with E-state index in [4.69, 9.17) is 9.84 Å². The molecule has 0 unspecified atom stereocenters. The number of carboxylic acids is 1. The van der Waals surface area contributed by atoms with Crippen LogP contribution in [0.3, 0.4) is 0 Å². The summed E-state index contributed by atoms with van der Waals surface area (Å²) in [5.74, 6) is -1.64. The Labute approximate surface area is 118 Å². The molecule has 1 rings (SSSR count). The van der Waals surface area contributed by atoms with Crippen LogP contribution in [0.5, 0.6) is 0 Å². The maximum Gasteiger partial charge on any atom is 0.410 e. The third-order valence-corrected chi connectivity index (χ3v) is 2.82. The highest BCUT2D eigenvalue weighted by molar-refractivity contribution is 5.93. The molecule has 0 saturated carbocycles. The van der Waals surface area contributed by atoms with Gasteiger partial charge in [-0.25, -0.2) is 4.79 Å². The molecule has 2 N–H and O–H groups in total. The normalized spacial score (nSPS) is 16.6. The molecule has 1 saturated heterocycles. The van der Waals surface area contributed by atoms with E-state index >= 15 is 0 Å². The van der Waals surface area contributed by atoms with Gasteiger partial charge >= 0.3 is 12.1 Å². The topological polar surface area (TPSA) is 95.9 Å². The van der Waals surface area contributed by atoms with Gasteiger partial charge in [0.15, 0.2) is 0 Å². The van der Waals surface area contributed by atoms with Crippen LogP contribution in [0.15, 0.2) is 0 Å². The molecular weight excluding hydrogens is 264 g/mol. The number of aliphatic carboxylic acids is 1. The summed E-state index contributed by atoms with van der Waals surface area (Å²) in [6.07, 6.45) is 0.328. The molecule has 2 amide bonds. The molecule has 114 valence electrons. The zero-order valence-corrected chi connectivity index (χ0v) is 12.1. The van der Waals surface area contributed by atoms with Crippen LogP contribution < -0.4 is 5.32 Å². The van der Waals surface area contributed by atoms with Crippen LogP contribution >= 0.6 is 0 Å². The van der Waals surface area contributed by atoms with E-state index < -0.39 is 23.9 Å². The summed E-state index contributed by atoms with van der Waals surface area (Å²) >= 11 is 0. The van der Waals surface area contributed by atoms with E-state index in [1.165, 1.54) is 0 Å². The first-order valence-electron chi connectivity index (χ1n) is 6.66. The molecule has 0 atom stereocenters. The van der Waals surface area contributed by atoms with Crippen molar-refractivity contribution in [2.75, 3.05) is 13.1 Å². The van der Waals surface area contributed by atoms with Crippen molar-refractivity contribution < 1.29 is 24.2 Å². The fraction of sp³-hybridized carbons (Fsp3) is 0.769. The molecule has 1 aliphatic heterocycles. The van der Waals surface area contributed by atoms with E-state index in [0.29, 0.717) is 25.9 Å². The minimum atomic E-state index is -1.14. The highest BCUT2D eigenvalue weighted by Gasteiger charge is 2.27. The summed E-state index contributed by atoms with van der Waals surface area (Å²) in [6, 6.07) is -0.0828. The number of nitrogens with one attached hydrogen (secondary N) is 1. The van der Waals surface area contributed by atoms with Crippen molar-refractivity contribution in [1.29, 1.82) is 0 Å². The first-order chi connectivity index (χ1) is 9.17. The summed E-state index contributed by atoms with van der Waals surface area (Å²) in [5, 5.41) is 11.2. The second-order valence-corrected chi connectivity index (χ2v) is 5.88. The van der Waals surface area contributed by atoms with Gasteiger partial charge in [-0.2, -0.15) is 0 Å². The Balaban J connectivity index is 2.35. The van der Waals surface area contributed by atoms with Gasteiger partial charge in [0.25, 0.3) is 0 Å². The lowest BCUT2D eigenvalue weighted by atomic mass is 10.1. The highest BCUT2D eigenvalue weighted by atomic mass is 16.6. The summed E-state index contributed by atoms with van der Waals surface area (Å²) < 4.78 is 5.27. The number of carbonyl (C=O) groups is 3. The van der Waals surface area contributed by atoms with Crippen molar-refractivity contribution in [3.8, 4) is 0 Å². The van der Waals surface area contributed by atoms with Gasteiger partial charge in [0.05, 0.1) is 0 Å². The maximum absolute atomic E-state index is 11.8. The average Bonchev–Trinajstić information content (AvgIpc) is 2.26. The second-order valence-electron chi connectivity index (χ2n) is 5.88. The SMILES string of the molecule is CC(C)(C)OC(=O)N1CCC(NC(=O)CC(=O)O)CC1. The minimum Gasteiger partial charge on any atom is -0.481 e. The summed E-state index contributed by atoms with van der Waals surface area (Å²) in [6.45, 7) is 6.41. The molecule has 0 aromatic carbocycles. The Kier molecular flexibility index (Phi) is 5.35. The molecule has 1 heterocycles. The number of carboxylic acid groups (broad SMARTS) is 1. The zero-order chi connectivity index (χ0) is 15.3. The van der Waals surface area contributed by atoms with Crippen LogP contribution in [-0.4, -0.2) is 52.7 Å².